The van der Waals surface area contributed by atoms with Crippen molar-refractivity contribution in [3.63, 3.8) is 0 Å². The number of hydrogen-bond acceptors (Lipinski definition) is 4. The van der Waals surface area contributed by atoms with Crippen molar-refractivity contribution >= 4 is 11.4 Å². The summed E-state index contributed by atoms with van der Waals surface area (Å²) in [4.78, 5) is 28.9. The third kappa shape index (κ3) is 6.19. The third-order valence-corrected chi connectivity index (χ3v) is 7.13. The van der Waals surface area contributed by atoms with Gasteiger partial charge in [-0.05, 0) is 88.8 Å². The molecule has 3 heterocycles. The average molecular weight is 493 g/mol. The standard InChI is InChI=1S/C29H40N4O3/c1-21(2)30-28(34)20-33-27(23-11-8-12-25(16-23)36-4)19-32-18-24(17-26(32)29(33)35)22(3)10-9-15-31-13-6-5-7-14-31/h8,11-12,16-19,21-22H,5-7,9-10,13-15,20H2,1-4H3,(H,30,34)/t22-/m1/s1. The van der Waals surface area contributed by atoms with Crippen molar-refractivity contribution in [1.29, 1.82) is 0 Å². The van der Waals surface area contributed by atoms with Crippen LogP contribution in [0.4, 0.5) is 0 Å². The zero-order valence-electron chi connectivity index (χ0n) is 22.1. The van der Waals surface area contributed by atoms with Gasteiger partial charge in [-0.15, -0.1) is 0 Å². The first-order valence-corrected chi connectivity index (χ1v) is 13.3. The van der Waals surface area contributed by atoms with Crippen molar-refractivity contribution in [2.45, 2.75) is 71.4 Å². The maximum Gasteiger partial charge on any atom is 0.275 e. The average Bonchev–Trinajstić information content (AvgIpc) is 3.30. The Bertz CT molecular complexity index is 1240. The molecule has 7 nitrogen and oxygen atoms in total. The van der Waals surface area contributed by atoms with Crippen LogP contribution in [0.1, 0.15) is 64.4 Å². The molecule has 1 atom stereocenters. The molecule has 7 heteroatoms. The summed E-state index contributed by atoms with van der Waals surface area (Å²) in [5.41, 5.74) is 3.10. The number of rotatable bonds is 10. The maximum absolute atomic E-state index is 13.7. The normalized spacial score (nSPS) is 15.4. The van der Waals surface area contributed by atoms with Crippen molar-refractivity contribution in [3.8, 4) is 17.0 Å². The Morgan fingerprint density at radius 1 is 1.08 bits per heavy atom. The number of carbonyl (C=O) groups excluding carboxylic acids is 1. The van der Waals surface area contributed by atoms with Crippen LogP contribution in [0, 0.1) is 0 Å². The number of piperidine rings is 1. The monoisotopic (exact) mass is 492 g/mol. The van der Waals surface area contributed by atoms with Gasteiger partial charge in [-0.25, -0.2) is 0 Å². The zero-order valence-corrected chi connectivity index (χ0v) is 22.1. The van der Waals surface area contributed by atoms with Gasteiger partial charge in [-0.1, -0.05) is 25.5 Å². The summed E-state index contributed by atoms with van der Waals surface area (Å²) in [5, 5.41) is 2.91. The van der Waals surface area contributed by atoms with Crippen LogP contribution in [0.2, 0.25) is 0 Å². The topological polar surface area (TPSA) is 68.0 Å². The molecule has 1 amide bonds. The number of benzene rings is 1. The minimum Gasteiger partial charge on any atom is -0.497 e. The number of amides is 1. The highest BCUT2D eigenvalue weighted by Gasteiger charge is 2.18. The Morgan fingerprint density at radius 3 is 2.58 bits per heavy atom. The van der Waals surface area contributed by atoms with E-state index in [9.17, 15) is 9.59 Å². The number of methoxy groups -OCH3 is 1. The fourth-order valence-corrected chi connectivity index (χ4v) is 5.15. The van der Waals surface area contributed by atoms with Gasteiger partial charge in [-0.2, -0.15) is 0 Å². The van der Waals surface area contributed by atoms with Gasteiger partial charge >= 0.3 is 0 Å². The molecule has 0 bridgehead atoms. The second-order valence-corrected chi connectivity index (χ2v) is 10.4. The highest BCUT2D eigenvalue weighted by atomic mass is 16.5. The Kier molecular flexibility index (Phi) is 8.52. The van der Waals surface area contributed by atoms with E-state index in [4.69, 9.17) is 4.74 Å². The van der Waals surface area contributed by atoms with E-state index in [1.165, 1.54) is 32.4 Å². The first-order chi connectivity index (χ1) is 17.4. The van der Waals surface area contributed by atoms with Gasteiger partial charge in [0.25, 0.3) is 5.56 Å². The minimum atomic E-state index is -0.182. The van der Waals surface area contributed by atoms with E-state index in [-0.39, 0.29) is 24.1 Å². The van der Waals surface area contributed by atoms with Crippen molar-refractivity contribution < 1.29 is 9.53 Å². The Morgan fingerprint density at radius 2 is 1.86 bits per heavy atom. The number of aromatic nitrogens is 2. The van der Waals surface area contributed by atoms with Gasteiger partial charge < -0.3 is 19.4 Å². The second-order valence-electron chi connectivity index (χ2n) is 10.4. The summed E-state index contributed by atoms with van der Waals surface area (Å²) in [6.07, 6.45) is 10.3. The van der Waals surface area contributed by atoms with E-state index in [1.807, 2.05) is 54.8 Å². The first kappa shape index (κ1) is 26.0. The smallest absolute Gasteiger partial charge is 0.275 e. The van der Waals surface area contributed by atoms with Crippen molar-refractivity contribution in [1.82, 2.24) is 19.2 Å². The number of fused-ring (bicyclic) bond motifs is 1. The van der Waals surface area contributed by atoms with Crippen LogP contribution < -0.4 is 15.6 Å². The Balaban J connectivity index is 1.64. The highest BCUT2D eigenvalue weighted by molar-refractivity contribution is 5.77. The molecular formula is C29H40N4O3. The van der Waals surface area contributed by atoms with Crippen LogP contribution in [0.5, 0.6) is 5.75 Å². The Hall–Kier alpha value is -3.06. The molecule has 0 radical (unpaired) electrons. The lowest BCUT2D eigenvalue weighted by atomic mass is 9.98. The van der Waals surface area contributed by atoms with Crippen LogP contribution in [-0.2, 0) is 11.3 Å². The molecule has 1 fully saturated rings. The summed E-state index contributed by atoms with van der Waals surface area (Å²) in [6.45, 7) is 9.63. The largest absolute Gasteiger partial charge is 0.497 e. The summed E-state index contributed by atoms with van der Waals surface area (Å²) < 4.78 is 8.90. The van der Waals surface area contributed by atoms with Crippen molar-refractivity contribution in [2.24, 2.45) is 0 Å². The van der Waals surface area contributed by atoms with E-state index >= 15 is 0 Å². The predicted molar refractivity (Wildman–Crippen MR) is 145 cm³/mol. The van der Waals surface area contributed by atoms with E-state index in [2.05, 4.69) is 23.3 Å². The predicted octanol–water partition coefficient (Wildman–Crippen LogP) is 4.67. The molecule has 194 valence electrons. The number of nitrogens with zero attached hydrogens (tertiary/aromatic N) is 3. The molecular weight excluding hydrogens is 452 g/mol. The molecule has 1 saturated heterocycles. The quantitative estimate of drug-likeness (QED) is 0.447. The number of nitrogens with one attached hydrogen (secondary N) is 1. The van der Waals surface area contributed by atoms with Crippen molar-refractivity contribution in [2.75, 3.05) is 26.7 Å². The number of likely N-dealkylation sites (tertiary alicyclic amines) is 1. The lowest BCUT2D eigenvalue weighted by Gasteiger charge is -2.26. The maximum atomic E-state index is 13.7. The van der Waals surface area contributed by atoms with Crippen LogP contribution in [0.15, 0.2) is 47.5 Å². The summed E-state index contributed by atoms with van der Waals surface area (Å²) in [7, 11) is 1.62. The molecule has 0 spiro atoms. The summed E-state index contributed by atoms with van der Waals surface area (Å²) in [6, 6.07) is 9.60. The molecule has 1 aromatic carbocycles. The molecule has 0 unspecified atom stereocenters. The molecule has 0 aliphatic carbocycles. The van der Waals surface area contributed by atoms with Crippen LogP contribution in [0.25, 0.3) is 16.8 Å². The lowest BCUT2D eigenvalue weighted by Crippen LogP contribution is -2.36. The van der Waals surface area contributed by atoms with E-state index < -0.39 is 0 Å². The van der Waals surface area contributed by atoms with Gasteiger partial charge in [0, 0.05) is 24.0 Å². The van der Waals surface area contributed by atoms with Crippen molar-refractivity contribution in [3.05, 3.63) is 58.6 Å². The van der Waals surface area contributed by atoms with E-state index in [1.54, 1.807) is 11.7 Å². The number of ether oxygens (including phenoxy) is 1. The van der Waals surface area contributed by atoms with Crippen LogP contribution >= 0.6 is 0 Å². The molecule has 36 heavy (non-hydrogen) atoms. The molecule has 3 aromatic rings. The SMILES string of the molecule is COc1cccc(-c2cn3cc([C@H](C)CCCN4CCCCC4)cc3c(=O)n2CC(=O)NC(C)C)c1. The van der Waals surface area contributed by atoms with Gasteiger partial charge in [0.2, 0.25) is 5.91 Å². The zero-order chi connectivity index (χ0) is 25.7. The lowest BCUT2D eigenvalue weighted by molar-refractivity contribution is -0.122. The molecule has 4 rings (SSSR count). The number of carbonyl (C=O) groups is 1. The molecule has 0 saturated carbocycles. The summed E-state index contributed by atoms with van der Waals surface area (Å²) >= 11 is 0. The fraction of sp³-hybridized carbons (Fsp3) is 0.517. The molecule has 2 aromatic heterocycles. The molecule has 1 aliphatic rings. The Labute approximate surface area is 214 Å². The van der Waals surface area contributed by atoms with Gasteiger partial charge in [0.05, 0.1) is 12.8 Å². The van der Waals surface area contributed by atoms with Crippen LogP contribution in [0.3, 0.4) is 0 Å². The summed E-state index contributed by atoms with van der Waals surface area (Å²) in [5.74, 6) is 0.874. The fourth-order valence-electron chi connectivity index (χ4n) is 5.15. The second kappa shape index (κ2) is 11.8. The van der Waals surface area contributed by atoms with Gasteiger partial charge in [-0.3, -0.25) is 14.2 Å². The highest BCUT2D eigenvalue weighted by Crippen LogP contribution is 2.27. The van der Waals surface area contributed by atoms with Crippen LogP contribution in [-0.4, -0.2) is 52.6 Å². The van der Waals surface area contributed by atoms with E-state index in [0.29, 0.717) is 22.9 Å². The third-order valence-electron chi connectivity index (χ3n) is 7.13. The minimum absolute atomic E-state index is 0.00268. The van der Waals surface area contributed by atoms with E-state index in [0.717, 1.165) is 30.5 Å². The molecule has 1 aliphatic heterocycles. The number of hydrogen-bond donors (Lipinski definition) is 1. The van der Waals surface area contributed by atoms with Gasteiger partial charge in [0.1, 0.15) is 17.8 Å². The van der Waals surface area contributed by atoms with Gasteiger partial charge in [0.15, 0.2) is 0 Å². The first-order valence-electron chi connectivity index (χ1n) is 13.3. The molecule has 1 N–H and O–H groups in total.